The minimum atomic E-state index is -3.20. The van der Waals surface area contributed by atoms with E-state index in [1.807, 2.05) is 0 Å². The first kappa shape index (κ1) is 16.9. The minimum absolute atomic E-state index is 0.397. The summed E-state index contributed by atoms with van der Waals surface area (Å²) in [6.45, 7) is 7.09. The van der Waals surface area contributed by atoms with E-state index in [4.69, 9.17) is 4.74 Å². The van der Waals surface area contributed by atoms with Crippen LogP contribution in [0.1, 0.15) is 39.5 Å². The molecule has 1 aliphatic rings. The summed E-state index contributed by atoms with van der Waals surface area (Å²) < 4.78 is 31.9. The van der Waals surface area contributed by atoms with E-state index in [0.717, 1.165) is 31.9 Å². The van der Waals surface area contributed by atoms with Gasteiger partial charge in [-0.15, -0.1) is 0 Å². The molecule has 0 aromatic heterocycles. The van der Waals surface area contributed by atoms with E-state index in [2.05, 4.69) is 17.0 Å². The Morgan fingerprint density at radius 3 is 2.68 bits per heavy atom. The molecule has 0 saturated heterocycles. The summed E-state index contributed by atoms with van der Waals surface area (Å²) >= 11 is 0. The predicted molar refractivity (Wildman–Crippen MR) is 77.7 cm³/mol. The fourth-order valence-corrected chi connectivity index (χ4v) is 2.71. The SMILES string of the molecule is CCCNCC(C)S(=O)(=O)NCCCOCC1CC1. The molecule has 114 valence electrons. The van der Waals surface area contributed by atoms with Crippen LogP contribution < -0.4 is 10.0 Å². The van der Waals surface area contributed by atoms with Gasteiger partial charge in [-0.05, 0) is 45.1 Å². The summed E-state index contributed by atoms with van der Waals surface area (Å²) in [5.41, 5.74) is 0. The second-order valence-electron chi connectivity index (χ2n) is 5.33. The van der Waals surface area contributed by atoms with Crippen LogP contribution in [0.3, 0.4) is 0 Å². The highest BCUT2D eigenvalue weighted by atomic mass is 32.2. The highest BCUT2D eigenvalue weighted by Crippen LogP contribution is 2.28. The van der Waals surface area contributed by atoms with Gasteiger partial charge in [-0.1, -0.05) is 6.92 Å². The fourth-order valence-electron chi connectivity index (χ4n) is 1.66. The lowest BCUT2D eigenvalue weighted by atomic mass is 10.4. The lowest BCUT2D eigenvalue weighted by Crippen LogP contribution is -2.39. The van der Waals surface area contributed by atoms with E-state index >= 15 is 0 Å². The lowest BCUT2D eigenvalue weighted by molar-refractivity contribution is 0.123. The monoisotopic (exact) mass is 292 g/mol. The number of rotatable bonds is 12. The molecule has 1 rings (SSSR count). The summed E-state index contributed by atoms with van der Waals surface area (Å²) in [5, 5.41) is 2.73. The van der Waals surface area contributed by atoms with Crippen LogP contribution in [0, 0.1) is 5.92 Å². The van der Waals surface area contributed by atoms with Gasteiger partial charge in [-0.2, -0.15) is 0 Å². The fraction of sp³-hybridized carbons (Fsp3) is 1.00. The predicted octanol–water partition coefficient (Wildman–Crippen LogP) is 1.11. The topological polar surface area (TPSA) is 67.4 Å². The molecular weight excluding hydrogens is 264 g/mol. The van der Waals surface area contributed by atoms with Gasteiger partial charge in [0.1, 0.15) is 0 Å². The first-order valence-electron chi connectivity index (χ1n) is 7.33. The van der Waals surface area contributed by atoms with Crippen molar-refractivity contribution in [1.82, 2.24) is 10.0 Å². The zero-order valence-electron chi connectivity index (χ0n) is 12.2. The van der Waals surface area contributed by atoms with Crippen molar-refractivity contribution >= 4 is 10.0 Å². The highest BCUT2D eigenvalue weighted by Gasteiger charge is 2.21. The quantitative estimate of drug-likeness (QED) is 0.529. The molecule has 1 unspecified atom stereocenters. The Kier molecular flexibility index (Phi) is 7.90. The Hall–Kier alpha value is -0.170. The van der Waals surface area contributed by atoms with E-state index in [1.54, 1.807) is 6.92 Å². The zero-order chi connectivity index (χ0) is 14.1. The first-order chi connectivity index (χ1) is 9.06. The molecule has 1 aliphatic carbocycles. The molecule has 0 spiro atoms. The molecule has 0 heterocycles. The molecule has 0 aromatic rings. The molecule has 19 heavy (non-hydrogen) atoms. The van der Waals surface area contributed by atoms with Gasteiger partial charge in [0, 0.05) is 26.3 Å². The van der Waals surface area contributed by atoms with E-state index in [-0.39, 0.29) is 0 Å². The first-order valence-corrected chi connectivity index (χ1v) is 8.87. The van der Waals surface area contributed by atoms with Gasteiger partial charge >= 0.3 is 0 Å². The summed E-state index contributed by atoms with van der Waals surface area (Å²) in [6, 6.07) is 0. The maximum Gasteiger partial charge on any atom is 0.215 e. The van der Waals surface area contributed by atoms with Crippen LogP contribution in [0.15, 0.2) is 0 Å². The Morgan fingerprint density at radius 1 is 1.32 bits per heavy atom. The Bertz CT molecular complexity index is 329. The Labute approximate surface area is 117 Å². The van der Waals surface area contributed by atoms with Gasteiger partial charge in [0.2, 0.25) is 10.0 Å². The number of nitrogens with one attached hydrogen (secondary N) is 2. The number of ether oxygens (including phenoxy) is 1. The van der Waals surface area contributed by atoms with Crippen LogP contribution in [-0.4, -0.2) is 46.5 Å². The van der Waals surface area contributed by atoms with Crippen LogP contribution in [0.2, 0.25) is 0 Å². The third-order valence-corrected chi connectivity index (χ3v) is 5.04. The smallest absolute Gasteiger partial charge is 0.215 e. The molecule has 0 radical (unpaired) electrons. The van der Waals surface area contributed by atoms with Gasteiger partial charge in [0.25, 0.3) is 0 Å². The van der Waals surface area contributed by atoms with Crippen molar-refractivity contribution in [2.75, 3.05) is 32.8 Å². The molecule has 0 bridgehead atoms. The number of hydrogen-bond donors (Lipinski definition) is 2. The molecule has 0 amide bonds. The maximum atomic E-state index is 11.9. The van der Waals surface area contributed by atoms with Crippen LogP contribution in [-0.2, 0) is 14.8 Å². The number of hydrogen-bond acceptors (Lipinski definition) is 4. The third kappa shape index (κ3) is 7.87. The van der Waals surface area contributed by atoms with Crippen molar-refractivity contribution in [3.8, 4) is 0 Å². The number of sulfonamides is 1. The zero-order valence-corrected chi connectivity index (χ0v) is 13.0. The molecule has 1 saturated carbocycles. The van der Waals surface area contributed by atoms with Crippen molar-refractivity contribution in [1.29, 1.82) is 0 Å². The van der Waals surface area contributed by atoms with Crippen LogP contribution in [0.25, 0.3) is 0 Å². The molecule has 6 heteroatoms. The normalized spacial score (nSPS) is 17.6. The van der Waals surface area contributed by atoms with Crippen LogP contribution in [0.4, 0.5) is 0 Å². The Morgan fingerprint density at radius 2 is 2.05 bits per heavy atom. The Balaban J connectivity index is 2.03. The van der Waals surface area contributed by atoms with Crippen LogP contribution >= 0.6 is 0 Å². The largest absolute Gasteiger partial charge is 0.381 e. The van der Waals surface area contributed by atoms with Crippen molar-refractivity contribution in [3.05, 3.63) is 0 Å². The van der Waals surface area contributed by atoms with Gasteiger partial charge in [-0.25, -0.2) is 13.1 Å². The van der Waals surface area contributed by atoms with Gasteiger partial charge in [0.05, 0.1) is 5.25 Å². The second-order valence-corrected chi connectivity index (χ2v) is 7.51. The lowest BCUT2D eigenvalue weighted by Gasteiger charge is -2.14. The molecule has 1 fully saturated rings. The molecule has 0 aromatic carbocycles. The molecular formula is C13H28N2O3S. The second kappa shape index (κ2) is 8.89. The molecule has 2 N–H and O–H groups in total. The van der Waals surface area contributed by atoms with Crippen molar-refractivity contribution in [2.45, 2.75) is 44.8 Å². The molecule has 5 nitrogen and oxygen atoms in total. The van der Waals surface area contributed by atoms with Crippen LogP contribution in [0.5, 0.6) is 0 Å². The van der Waals surface area contributed by atoms with Crippen molar-refractivity contribution in [3.63, 3.8) is 0 Å². The van der Waals surface area contributed by atoms with E-state index < -0.39 is 15.3 Å². The molecule has 1 atom stereocenters. The average molecular weight is 292 g/mol. The maximum absolute atomic E-state index is 11.9. The van der Waals surface area contributed by atoms with Gasteiger partial charge in [-0.3, -0.25) is 0 Å². The minimum Gasteiger partial charge on any atom is -0.381 e. The average Bonchev–Trinajstić information content (AvgIpc) is 3.17. The standard InChI is InChI=1S/C13H28N2O3S/c1-3-7-14-10-12(2)19(16,17)15-8-4-9-18-11-13-5-6-13/h12-15H,3-11H2,1-2H3. The van der Waals surface area contributed by atoms with E-state index in [0.29, 0.717) is 19.7 Å². The third-order valence-electron chi connectivity index (χ3n) is 3.21. The highest BCUT2D eigenvalue weighted by molar-refractivity contribution is 7.90. The van der Waals surface area contributed by atoms with Crippen molar-refractivity contribution < 1.29 is 13.2 Å². The summed E-state index contributed by atoms with van der Waals surface area (Å²) in [7, 11) is -3.20. The van der Waals surface area contributed by atoms with Gasteiger partial charge in [0.15, 0.2) is 0 Å². The summed E-state index contributed by atoms with van der Waals surface area (Å²) in [5.74, 6) is 0.765. The van der Waals surface area contributed by atoms with Gasteiger partial charge < -0.3 is 10.1 Å². The summed E-state index contributed by atoms with van der Waals surface area (Å²) in [6.07, 6.45) is 4.32. The van der Waals surface area contributed by atoms with Crippen molar-refractivity contribution in [2.24, 2.45) is 5.92 Å². The van der Waals surface area contributed by atoms with E-state index in [1.165, 1.54) is 12.8 Å². The molecule has 0 aliphatic heterocycles. The summed E-state index contributed by atoms with van der Waals surface area (Å²) in [4.78, 5) is 0. The van der Waals surface area contributed by atoms with E-state index in [9.17, 15) is 8.42 Å².